The number of anilines is 1. The number of nitrogens with zero attached hydrogens (tertiary/aromatic N) is 5. The Morgan fingerprint density at radius 2 is 1.76 bits per heavy atom. The van der Waals surface area contributed by atoms with Crippen LogP contribution in [0, 0.1) is 0 Å². The Hall–Kier alpha value is -3.63. The lowest BCUT2D eigenvalue weighted by molar-refractivity contribution is -0.274. The predicted molar refractivity (Wildman–Crippen MR) is 111 cm³/mol. The molecule has 1 aliphatic heterocycles. The summed E-state index contributed by atoms with van der Waals surface area (Å²) in [5.74, 6) is 1.78. The maximum absolute atomic E-state index is 12.7. The minimum atomic E-state index is -4.76. The van der Waals surface area contributed by atoms with Crippen molar-refractivity contribution in [1.82, 2.24) is 20.0 Å². The van der Waals surface area contributed by atoms with Crippen LogP contribution < -0.4 is 9.64 Å². The zero-order valence-corrected chi connectivity index (χ0v) is 17.5. The van der Waals surface area contributed by atoms with Gasteiger partial charge in [0.1, 0.15) is 11.6 Å². The highest BCUT2D eigenvalue weighted by Gasteiger charge is 2.31. The summed E-state index contributed by atoms with van der Waals surface area (Å²) in [4.78, 5) is 25.4. The molecule has 3 heterocycles. The van der Waals surface area contributed by atoms with Crippen LogP contribution in [0.15, 0.2) is 47.1 Å². The Bertz CT molecular complexity index is 1120. The highest BCUT2D eigenvalue weighted by molar-refractivity contribution is 5.94. The lowest BCUT2D eigenvalue weighted by Gasteiger charge is -2.35. The Morgan fingerprint density at radius 3 is 2.36 bits per heavy atom. The number of amides is 1. The molecule has 2 aromatic heterocycles. The number of ether oxygens (including phenoxy) is 1. The second kappa shape index (κ2) is 8.38. The zero-order chi connectivity index (χ0) is 23.0. The minimum absolute atomic E-state index is 0.236. The first-order chi connectivity index (χ1) is 15.9. The van der Waals surface area contributed by atoms with E-state index in [9.17, 15) is 18.0 Å². The van der Waals surface area contributed by atoms with Crippen molar-refractivity contribution in [2.24, 2.45) is 0 Å². The maximum Gasteiger partial charge on any atom is 0.573 e. The monoisotopic (exact) mass is 459 g/mol. The van der Waals surface area contributed by atoms with Crippen molar-refractivity contribution >= 4 is 11.7 Å². The van der Waals surface area contributed by atoms with Gasteiger partial charge in [0.15, 0.2) is 0 Å². The number of alkyl halides is 3. The molecule has 33 heavy (non-hydrogen) atoms. The molecule has 0 N–H and O–H groups in total. The van der Waals surface area contributed by atoms with E-state index in [1.165, 1.54) is 12.1 Å². The van der Waals surface area contributed by atoms with Crippen molar-refractivity contribution in [3.63, 3.8) is 0 Å². The Labute approximate surface area is 187 Å². The van der Waals surface area contributed by atoms with Gasteiger partial charge in [0.2, 0.25) is 11.7 Å². The van der Waals surface area contributed by atoms with Crippen LogP contribution in [0.3, 0.4) is 0 Å². The maximum atomic E-state index is 12.7. The third-order valence-corrected chi connectivity index (χ3v) is 5.60. The van der Waals surface area contributed by atoms with Crippen molar-refractivity contribution < 1.29 is 27.2 Å². The third-order valence-electron chi connectivity index (χ3n) is 5.60. The van der Waals surface area contributed by atoms with E-state index in [0.29, 0.717) is 49.4 Å². The molecule has 0 atom stereocenters. The van der Waals surface area contributed by atoms with Crippen LogP contribution in [0.25, 0.3) is 11.4 Å². The van der Waals surface area contributed by atoms with E-state index in [1.54, 1.807) is 11.1 Å². The quantitative estimate of drug-likeness (QED) is 0.573. The predicted octanol–water partition coefficient (Wildman–Crippen LogP) is 3.87. The fraction of sp³-hybridized carbons (Fsp3) is 0.364. The van der Waals surface area contributed by atoms with Crippen LogP contribution in [-0.4, -0.2) is 58.5 Å². The van der Waals surface area contributed by atoms with Gasteiger partial charge in [0, 0.05) is 49.4 Å². The number of hydrogen-bond acceptors (Lipinski definition) is 7. The average molecular weight is 459 g/mol. The van der Waals surface area contributed by atoms with E-state index >= 15 is 0 Å². The second-order valence-electron chi connectivity index (χ2n) is 7.99. The molecule has 8 nitrogen and oxygen atoms in total. The van der Waals surface area contributed by atoms with Crippen molar-refractivity contribution in [2.45, 2.75) is 25.1 Å². The first kappa shape index (κ1) is 21.2. The fourth-order valence-electron chi connectivity index (χ4n) is 3.67. The van der Waals surface area contributed by atoms with Gasteiger partial charge in [-0.1, -0.05) is 5.16 Å². The first-order valence-corrected chi connectivity index (χ1v) is 10.6. The van der Waals surface area contributed by atoms with Gasteiger partial charge in [-0.25, -0.2) is 4.98 Å². The van der Waals surface area contributed by atoms with Crippen molar-refractivity contribution in [1.29, 1.82) is 0 Å². The SMILES string of the molecule is O=C(c1ccc(OC(F)(F)F)cc1)N1CCN(c2ccc(-c3noc(C4CC4)n3)cn2)CC1. The molecule has 0 unspecified atom stereocenters. The lowest BCUT2D eigenvalue weighted by atomic mass is 10.1. The Morgan fingerprint density at radius 1 is 1.03 bits per heavy atom. The van der Waals surface area contributed by atoms with Gasteiger partial charge in [-0.05, 0) is 49.2 Å². The summed E-state index contributed by atoms with van der Waals surface area (Å²) in [6, 6.07) is 8.73. The number of benzene rings is 1. The van der Waals surface area contributed by atoms with Gasteiger partial charge in [0.05, 0.1) is 0 Å². The molecule has 1 saturated heterocycles. The van der Waals surface area contributed by atoms with Crippen LogP contribution in [-0.2, 0) is 0 Å². The van der Waals surface area contributed by atoms with Gasteiger partial charge in [-0.2, -0.15) is 4.98 Å². The molecule has 172 valence electrons. The molecule has 1 aliphatic carbocycles. The van der Waals surface area contributed by atoms with Gasteiger partial charge >= 0.3 is 6.36 Å². The average Bonchev–Trinajstić information content (AvgIpc) is 3.55. The molecule has 2 aliphatic rings. The van der Waals surface area contributed by atoms with Crippen LogP contribution in [0.2, 0.25) is 0 Å². The van der Waals surface area contributed by atoms with Gasteiger partial charge in [0.25, 0.3) is 5.91 Å². The largest absolute Gasteiger partial charge is 0.573 e. The highest BCUT2D eigenvalue weighted by Crippen LogP contribution is 2.39. The van der Waals surface area contributed by atoms with Crippen LogP contribution in [0.5, 0.6) is 5.75 Å². The molecule has 0 spiro atoms. The number of piperazine rings is 1. The summed E-state index contributed by atoms with van der Waals surface area (Å²) in [7, 11) is 0. The molecule has 1 aromatic carbocycles. The third kappa shape index (κ3) is 4.91. The Balaban J connectivity index is 1.17. The number of carbonyl (C=O) groups excluding carboxylic acids is 1. The van der Waals surface area contributed by atoms with Crippen molar-refractivity contribution in [3.05, 3.63) is 54.0 Å². The molecular formula is C22H20F3N5O3. The number of hydrogen-bond donors (Lipinski definition) is 0. The number of carbonyl (C=O) groups is 1. The molecule has 0 bridgehead atoms. The summed E-state index contributed by atoms with van der Waals surface area (Å²) in [5, 5.41) is 4.02. The molecular weight excluding hydrogens is 439 g/mol. The van der Waals surface area contributed by atoms with Crippen molar-refractivity contribution in [2.75, 3.05) is 31.1 Å². The van der Waals surface area contributed by atoms with E-state index in [1.807, 2.05) is 12.1 Å². The summed E-state index contributed by atoms with van der Waals surface area (Å²) < 4.78 is 46.0. The van der Waals surface area contributed by atoms with E-state index in [0.717, 1.165) is 36.4 Å². The molecule has 3 aromatic rings. The smallest absolute Gasteiger partial charge is 0.406 e. The topological polar surface area (TPSA) is 84.6 Å². The van der Waals surface area contributed by atoms with E-state index < -0.39 is 6.36 Å². The van der Waals surface area contributed by atoms with Gasteiger partial charge in [-0.3, -0.25) is 4.79 Å². The lowest BCUT2D eigenvalue weighted by Crippen LogP contribution is -2.49. The van der Waals surface area contributed by atoms with Gasteiger partial charge in [-0.15, -0.1) is 13.2 Å². The summed E-state index contributed by atoms with van der Waals surface area (Å²) in [6.45, 7) is 2.11. The first-order valence-electron chi connectivity index (χ1n) is 10.6. The van der Waals surface area contributed by atoms with E-state index in [-0.39, 0.29) is 11.7 Å². The Kier molecular flexibility index (Phi) is 5.39. The second-order valence-corrected chi connectivity index (χ2v) is 7.99. The summed E-state index contributed by atoms with van der Waals surface area (Å²) in [6.07, 6.45) is -0.881. The molecule has 5 rings (SSSR count). The number of halogens is 3. The highest BCUT2D eigenvalue weighted by atomic mass is 19.4. The number of aromatic nitrogens is 3. The van der Waals surface area contributed by atoms with Gasteiger partial charge < -0.3 is 19.1 Å². The fourth-order valence-corrected chi connectivity index (χ4v) is 3.67. The molecule has 0 radical (unpaired) electrons. The van der Waals surface area contributed by atoms with E-state index in [4.69, 9.17) is 4.52 Å². The number of rotatable bonds is 5. The number of pyridine rings is 1. The molecule has 11 heteroatoms. The van der Waals surface area contributed by atoms with E-state index in [2.05, 4.69) is 24.8 Å². The zero-order valence-electron chi connectivity index (χ0n) is 17.5. The molecule has 1 saturated carbocycles. The standard InChI is InChI=1S/C22H20F3N5O3/c23-22(24,25)32-17-6-3-15(4-7-17)21(31)30-11-9-29(10-12-30)18-8-5-16(13-26-18)19-27-20(33-28-19)14-1-2-14/h3-8,13-14H,1-2,9-12H2. The van der Waals surface area contributed by atoms with Crippen LogP contribution in [0.1, 0.15) is 35.0 Å². The van der Waals surface area contributed by atoms with Crippen molar-refractivity contribution in [3.8, 4) is 17.1 Å². The summed E-state index contributed by atoms with van der Waals surface area (Å²) >= 11 is 0. The molecule has 2 fully saturated rings. The normalized spacial score (nSPS) is 16.7. The summed E-state index contributed by atoms with van der Waals surface area (Å²) in [5.41, 5.74) is 1.09. The minimum Gasteiger partial charge on any atom is -0.406 e. The van der Waals surface area contributed by atoms with Crippen LogP contribution in [0.4, 0.5) is 19.0 Å². The van der Waals surface area contributed by atoms with Crippen LogP contribution >= 0.6 is 0 Å². The molecule has 1 amide bonds.